The first-order valence-electron chi connectivity index (χ1n) is 5.75. The first-order valence-corrected chi connectivity index (χ1v) is 5.75. The maximum atomic E-state index is 4.19. The minimum atomic E-state index is 0.0460. The van der Waals surface area contributed by atoms with Gasteiger partial charge >= 0.3 is 0 Å². The van der Waals surface area contributed by atoms with E-state index in [0.717, 1.165) is 5.92 Å². The molecule has 0 aromatic heterocycles. The van der Waals surface area contributed by atoms with Gasteiger partial charge in [-0.1, -0.05) is 38.5 Å². The van der Waals surface area contributed by atoms with Crippen molar-refractivity contribution in [1.29, 1.82) is 0 Å². The number of hydrogen-bond donors (Lipinski definition) is 0. The van der Waals surface area contributed by atoms with Crippen molar-refractivity contribution in [3.63, 3.8) is 0 Å². The molecule has 1 heterocycles. The monoisotopic (exact) mass is 180 g/mol. The first kappa shape index (κ1) is 9.17. The zero-order valence-corrected chi connectivity index (χ0v) is 8.63. The highest BCUT2D eigenvalue weighted by Gasteiger charge is 2.41. The second kappa shape index (κ2) is 3.77. The van der Waals surface area contributed by atoms with Gasteiger partial charge in [0.15, 0.2) is 5.66 Å². The molecule has 1 aliphatic heterocycles. The van der Waals surface area contributed by atoms with Gasteiger partial charge in [-0.2, -0.15) is 10.2 Å². The summed E-state index contributed by atoms with van der Waals surface area (Å²) in [6.45, 7) is 2.19. The summed E-state index contributed by atoms with van der Waals surface area (Å²) in [6, 6.07) is 0. The van der Waals surface area contributed by atoms with Crippen molar-refractivity contribution >= 4 is 0 Å². The van der Waals surface area contributed by atoms with Crippen LogP contribution in [-0.4, -0.2) is 5.66 Å². The molecule has 13 heavy (non-hydrogen) atoms. The molecule has 0 spiro atoms. The van der Waals surface area contributed by atoms with Crippen molar-refractivity contribution in [2.45, 2.75) is 64.0 Å². The van der Waals surface area contributed by atoms with Gasteiger partial charge in [0.25, 0.3) is 0 Å². The van der Waals surface area contributed by atoms with Crippen LogP contribution in [0.2, 0.25) is 0 Å². The predicted octanol–water partition coefficient (Wildman–Crippen LogP) is 3.92. The highest BCUT2D eigenvalue weighted by Crippen LogP contribution is 2.41. The van der Waals surface area contributed by atoms with E-state index in [9.17, 15) is 0 Å². The Hall–Kier alpha value is -0.400. The number of hydrogen-bond acceptors (Lipinski definition) is 2. The summed E-state index contributed by atoms with van der Waals surface area (Å²) in [6.07, 6.45) is 11.2. The molecule has 0 atom stereocenters. The lowest BCUT2D eigenvalue weighted by Gasteiger charge is -2.18. The molecule has 0 unspecified atom stereocenters. The van der Waals surface area contributed by atoms with Gasteiger partial charge in [-0.3, -0.25) is 0 Å². The summed E-state index contributed by atoms with van der Waals surface area (Å²) in [7, 11) is 0. The molecule has 0 aromatic carbocycles. The molecule has 0 saturated heterocycles. The smallest absolute Gasteiger partial charge is 0.159 e. The third-order valence-corrected chi connectivity index (χ3v) is 3.54. The van der Waals surface area contributed by atoms with E-state index in [-0.39, 0.29) is 5.66 Å². The molecule has 0 radical (unpaired) electrons. The van der Waals surface area contributed by atoms with Crippen molar-refractivity contribution < 1.29 is 0 Å². The van der Waals surface area contributed by atoms with E-state index in [1.165, 1.54) is 51.4 Å². The van der Waals surface area contributed by atoms with E-state index in [4.69, 9.17) is 0 Å². The third kappa shape index (κ3) is 2.29. The molecule has 74 valence electrons. The fourth-order valence-electron chi connectivity index (χ4n) is 2.42. The van der Waals surface area contributed by atoms with E-state index >= 15 is 0 Å². The van der Waals surface area contributed by atoms with Gasteiger partial charge in [0.2, 0.25) is 0 Å². The van der Waals surface area contributed by atoms with Gasteiger partial charge in [0, 0.05) is 5.92 Å². The third-order valence-electron chi connectivity index (χ3n) is 3.54. The Morgan fingerprint density at radius 1 is 0.846 bits per heavy atom. The lowest BCUT2D eigenvalue weighted by Crippen LogP contribution is -2.20. The second-order valence-corrected chi connectivity index (χ2v) is 4.69. The Balaban J connectivity index is 1.85. The summed E-state index contributed by atoms with van der Waals surface area (Å²) >= 11 is 0. The molecular weight excluding hydrogens is 160 g/mol. The lowest BCUT2D eigenvalue weighted by atomic mass is 9.88. The quantitative estimate of drug-likeness (QED) is 0.584. The van der Waals surface area contributed by atoms with E-state index in [1.54, 1.807) is 0 Å². The average molecular weight is 180 g/mol. The highest BCUT2D eigenvalue weighted by atomic mass is 15.4. The molecule has 1 aliphatic carbocycles. The summed E-state index contributed by atoms with van der Waals surface area (Å²) in [4.78, 5) is 0. The largest absolute Gasteiger partial charge is 0.191 e. The Bertz CT molecular complexity index is 182. The molecule has 2 heteroatoms. The molecular formula is C11H20N2. The van der Waals surface area contributed by atoms with E-state index in [0.29, 0.717) is 0 Å². The molecule has 0 aromatic rings. The normalized spacial score (nSPS) is 29.0. The molecule has 0 bridgehead atoms. The van der Waals surface area contributed by atoms with Crippen LogP contribution in [0.3, 0.4) is 0 Å². The van der Waals surface area contributed by atoms with Crippen molar-refractivity contribution in [3.8, 4) is 0 Å². The summed E-state index contributed by atoms with van der Waals surface area (Å²) in [5, 5.41) is 8.37. The van der Waals surface area contributed by atoms with Crippen LogP contribution in [0.25, 0.3) is 0 Å². The summed E-state index contributed by atoms with van der Waals surface area (Å²) < 4.78 is 0. The highest BCUT2D eigenvalue weighted by molar-refractivity contribution is 4.94. The minimum Gasteiger partial charge on any atom is -0.159 e. The Kier molecular flexibility index (Phi) is 2.66. The molecule has 2 nitrogen and oxygen atoms in total. The second-order valence-electron chi connectivity index (χ2n) is 4.69. The van der Waals surface area contributed by atoms with Crippen LogP contribution in [0.1, 0.15) is 58.3 Å². The minimum absolute atomic E-state index is 0.0460. The van der Waals surface area contributed by atoms with Crippen molar-refractivity contribution in [3.05, 3.63) is 0 Å². The molecule has 2 rings (SSSR count). The topological polar surface area (TPSA) is 24.7 Å². The average Bonchev–Trinajstić information content (AvgIpc) is 2.84. The summed E-state index contributed by atoms with van der Waals surface area (Å²) in [5.41, 5.74) is 0.0460. The Morgan fingerprint density at radius 3 is 1.77 bits per heavy atom. The molecule has 0 amide bonds. The van der Waals surface area contributed by atoms with Gasteiger partial charge in [-0.25, -0.2) is 0 Å². The van der Waals surface area contributed by atoms with Gasteiger partial charge in [-0.15, -0.1) is 0 Å². The van der Waals surface area contributed by atoms with Crippen LogP contribution in [0.5, 0.6) is 0 Å². The SMILES string of the molecule is CC1(C2CCCCCCCC2)N=N1. The van der Waals surface area contributed by atoms with Crippen LogP contribution in [-0.2, 0) is 0 Å². The zero-order valence-electron chi connectivity index (χ0n) is 8.63. The fourth-order valence-corrected chi connectivity index (χ4v) is 2.42. The van der Waals surface area contributed by atoms with E-state index in [2.05, 4.69) is 17.2 Å². The lowest BCUT2D eigenvalue weighted by molar-refractivity contribution is 0.334. The van der Waals surface area contributed by atoms with Gasteiger partial charge < -0.3 is 0 Å². The summed E-state index contributed by atoms with van der Waals surface area (Å²) in [5.74, 6) is 0.755. The standard InChI is InChI=1S/C11H20N2/c1-11(12-13-11)10-8-6-4-2-3-5-7-9-10/h10H,2-9H2,1H3. The maximum Gasteiger partial charge on any atom is 0.191 e. The molecule has 0 N–H and O–H groups in total. The van der Waals surface area contributed by atoms with E-state index in [1.807, 2.05) is 0 Å². The van der Waals surface area contributed by atoms with Gasteiger partial charge in [0.05, 0.1) is 0 Å². The first-order chi connectivity index (χ1) is 6.31. The van der Waals surface area contributed by atoms with Gasteiger partial charge in [0.1, 0.15) is 0 Å². The zero-order chi connectivity index (χ0) is 9.15. The maximum absolute atomic E-state index is 4.19. The number of rotatable bonds is 1. The van der Waals surface area contributed by atoms with Crippen molar-refractivity contribution in [1.82, 2.24) is 0 Å². The molecule has 1 saturated carbocycles. The van der Waals surface area contributed by atoms with Crippen LogP contribution in [0, 0.1) is 5.92 Å². The van der Waals surface area contributed by atoms with Crippen molar-refractivity contribution in [2.24, 2.45) is 16.1 Å². The molecule has 1 fully saturated rings. The molecule has 2 aliphatic rings. The number of nitrogens with zero attached hydrogens (tertiary/aromatic N) is 2. The van der Waals surface area contributed by atoms with Crippen molar-refractivity contribution in [2.75, 3.05) is 0 Å². The fraction of sp³-hybridized carbons (Fsp3) is 1.00. The van der Waals surface area contributed by atoms with Crippen LogP contribution < -0.4 is 0 Å². The van der Waals surface area contributed by atoms with Crippen LogP contribution in [0.15, 0.2) is 10.2 Å². The Labute approximate surface area is 80.8 Å². The van der Waals surface area contributed by atoms with E-state index < -0.39 is 0 Å². The Morgan fingerprint density at radius 2 is 1.31 bits per heavy atom. The van der Waals surface area contributed by atoms with Gasteiger partial charge in [-0.05, 0) is 19.8 Å². The predicted molar refractivity (Wildman–Crippen MR) is 53.7 cm³/mol. The van der Waals surface area contributed by atoms with Crippen LogP contribution >= 0.6 is 0 Å². The van der Waals surface area contributed by atoms with Crippen LogP contribution in [0.4, 0.5) is 0 Å².